The highest BCUT2D eigenvalue weighted by Crippen LogP contribution is 2.38. The van der Waals surface area contributed by atoms with Gasteiger partial charge in [0.05, 0.1) is 28.0 Å². The van der Waals surface area contributed by atoms with E-state index in [-0.39, 0.29) is 29.9 Å². The van der Waals surface area contributed by atoms with Crippen LogP contribution in [0.15, 0.2) is 33.2 Å². The van der Waals surface area contributed by atoms with Gasteiger partial charge in [-0.05, 0) is 92.2 Å². The minimum atomic E-state index is -3.48. The molecule has 0 aliphatic carbocycles. The van der Waals surface area contributed by atoms with Crippen molar-refractivity contribution >= 4 is 60.0 Å². The van der Waals surface area contributed by atoms with Crippen molar-refractivity contribution in [1.29, 1.82) is 0 Å². The SMILES string of the molecule is COc1c(Br)cc(CC2NCCc3cc(O)c(NS(C)(=O)=O)cc32)cc1Br.Cl. The molecule has 1 heterocycles. The van der Waals surface area contributed by atoms with Crippen LogP contribution in [-0.4, -0.2) is 33.4 Å². The summed E-state index contributed by atoms with van der Waals surface area (Å²) in [4.78, 5) is 0. The van der Waals surface area contributed by atoms with E-state index in [2.05, 4.69) is 41.9 Å². The van der Waals surface area contributed by atoms with Gasteiger partial charge in [-0.2, -0.15) is 0 Å². The number of anilines is 1. The van der Waals surface area contributed by atoms with Crippen molar-refractivity contribution in [1.82, 2.24) is 5.32 Å². The van der Waals surface area contributed by atoms with Crippen molar-refractivity contribution < 1.29 is 18.3 Å². The van der Waals surface area contributed by atoms with Crippen LogP contribution in [0, 0.1) is 0 Å². The van der Waals surface area contributed by atoms with Crippen LogP contribution in [0.4, 0.5) is 5.69 Å². The van der Waals surface area contributed by atoms with E-state index >= 15 is 0 Å². The second kappa shape index (κ2) is 9.21. The maximum Gasteiger partial charge on any atom is 0.229 e. The van der Waals surface area contributed by atoms with Crippen LogP contribution in [0.1, 0.15) is 22.7 Å². The summed E-state index contributed by atoms with van der Waals surface area (Å²) in [5, 5.41) is 13.6. The van der Waals surface area contributed by atoms with E-state index in [0.717, 1.165) is 50.6 Å². The van der Waals surface area contributed by atoms with E-state index in [9.17, 15) is 13.5 Å². The molecule has 1 aliphatic heterocycles. The number of hydrogen-bond donors (Lipinski definition) is 3. The van der Waals surface area contributed by atoms with Gasteiger partial charge in [0, 0.05) is 6.04 Å². The van der Waals surface area contributed by atoms with Gasteiger partial charge in [-0.25, -0.2) is 8.42 Å². The molecule has 0 amide bonds. The summed E-state index contributed by atoms with van der Waals surface area (Å²) in [6.45, 7) is 0.786. The molecule has 2 aromatic rings. The predicted octanol–water partition coefficient (Wildman–Crippen LogP) is 4.15. The molecule has 10 heteroatoms. The average Bonchev–Trinajstić information content (AvgIpc) is 2.55. The lowest BCUT2D eigenvalue weighted by molar-refractivity contribution is 0.409. The second-order valence-corrected chi connectivity index (χ2v) is 9.95. The van der Waals surface area contributed by atoms with Crippen molar-refractivity contribution in [2.75, 3.05) is 24.6 Å². The number of phenolic OH excluding ortho intramolecular Hbond substituents is 1. The Balaban J connectivity index is 0.00000280. The Bertz CT molecular complexity index is 963. The molecule has 1 atom stereocenters. The number of hydrogen-bond acceptors (Lipinski definition) is 5. The number of ether oxygens (including phenoxy) is 1. The molecule has 0 fully saturated rings. The highest BCUT2D eigenvalue weighted by molar-refractivity contribution is 9.11. The molecule has 2 aromatic carbocycles. The first-order chi connectivity index (χ1) is 12.7. The van der Waals surface area contributed by atoms with Crippen molar-refractivity contribution in [3.05, 3.63) is 49.9 Å². The van der Waals surface area contributed by atoms with Crippen molar-refractivity contribution in [2.45, 2.75) is 18.9 Å². The van der Waals surface area contributed by atoms with Gasteiger partial charge in [-0.3, -0.25) is 4.72 Å². The van der Waals surface area contributed by atoms with Crippen LogP contribution in [0.3, 0.4) is 0 Å². The van der Waals surface area contributed by atoms with Crippen LogP contribution in [0.5, 0.6) is 11.5 Å². The number of methoxy groups -OCH3 is 1. The van der Waals surface area contributed by atoms with Crippen LogP contribution >= 0.6 is 44.3 Å². The number of fused-ring (bicyclic) bond motifs is 1. The quantitative estimate of drug-likeness (QED) is 0.482. The van der Waals surface area contributed by atoms with E-state index in [4.69, 9.17) is 4.74 Å². The first-order valence-corrected chi connectivity index (χ1v) is 11.7. The molecule has 3 N–H and O–H groups in total. The molecule has 1 unspecified atom stereocenters. The number of rotatable bonds is 5. The van der Waals surface area contributed by atoms with E-state index < -0.39 is 10.0 Å². The maximum atomic E-state index is 11.6. The summed E-state index contributed by atoms with van der Waals surface area (Å²) in [6.07, 6.45) is 2.54. The van der Waals surface area contributed by atoms with E-state index in [0.29, 0.717) is 6.42 Å². The fourth-order valence-electron chi connectivity index (χ4n) is 3.30. The molecule has 0 bridgehead atoms. The largest absolute Gasteiger partial charge is 0.506 e. The Kier molecular flexibility index (Phi) is 7.66. The molecule has 0 saturated carbocycles. The summed E-state index contributed by atoms with van der Waals surface area (Å²) in [5.74, 6) is 0.676. The smallest absolute Gasteiger partial charge is 0.229 e. The van der Waals surface area contributed by atoms with Gasteiger partial charge in [-0.1, -0.05) is 0 Å². The number of halogens is 3. The van der Waals surface area contributed by atoms with Crippen molar-refractivity contribution in [2.24, 2.45) is 0 Å². The van der Waals surface area contributed by atoms with Crippen LogP contribution in [-0.2, 0) is 22.9 Å². The minimum absolute atomic E-state index is 0. The molecule has 28 heavy (non-hydrogen) atoms. The summed E-state index contributed by atoms with van der Waals surface area (Å²) in [5.41, 5.74) is 3.28. The second-order valence-electron chi connectivity index (χ2n) is 6.50. The molecule has 6 nitrogen and oxygen atoms in total. The van der Waals surface area contributed by atoms with Gasteiger partial charge < -0.3 is 15.2 Å². The fourth-order valence-corrected chi connectivity index (χ4v) is 5.47. The molecule has 154 valence electrons. The molecule has 0 radical (unpaired) electrons. The zero-order valence-electron chi connectivity index (χ0n) is 15.3. The number of nitrogens with one attached hydrogen (secondary N) is 2. The van der Waals surface area contributed by atoms with Gasteiger partial charge in [-0.15, -0.1) is 12.4 Å². The van der Waals surface area contributed by atoms with Gasteiger partial charge in [0.25, 0.3) is 0 Å². The molecule has 0 spiro atoms. The van der Waals surface area contributed by atoms with Crippen molar-refractivity contribution in [3.63, 3.8) is 0 Å². The highest BCUT2D eigenvalue weighted by atomic mass is 79.9. The molecule has 3 rings (SSSR count). The van der Waals surface area contributed by atoms with E-state index in [1.807, 2.05) is 12.1 Å². The topological polar surface area (TPSA) is 87.7 Å². The van der Waals surface area contributed by atoms with Crippen molar-refractivity contribution in [3.8, 4) is 11.5 Å². The molecule has 0 aromatic heterocycles. The standard InChI is InChI=1S/C18H20Br2N2O4S.ClH/c1-26-18-13(19)5-10(6-14(18)20)7-15-12-9-16(22-27(2,24)25)17(23)8-11(12)3-4-21-15;/h5-6,8-9,15,21-23H,3-4,7H2,1-2H3;1H. The van der Waals surface area contributed by atoms with E-state index in [1.165, 1.54) is 0 Å². The summed E-state index contributed by atoms with van der Waals surface area (Å²) >= 11 is 7.05. The summed E-state index contributed by atoms with van der Waals surface area (Å²) in [6, 6.07) is 7.39. The number of phenols is 1. The van der Waals surface area contributed by atoms with Gasteiger partial charge in [0.2, 0.25) is 10.0 Å². The third-order valence-electron chi connectivity index (χ3n) is 4.42. The lowest BCUT2D eigenvalue weighted by atomic mass is 9.89. The Morgan fingerprint density at radius 3 is 2.46 bits per heavy atom. The summed E-state index contributed by atoms with van der Waals surface area (Å²) in [7, 11) is -1.86. The van der Waals surface area contributed by atoms with Gasteiger partial charge >= 0.3 is 0 Å². The Morgan fingerprint density at radius 1 is 1.25 bits per heavy atom. The fraction of sp³-hybridized carbons (Fsp3) is 0.333. The first kappa shape index (κ1) is 23.3. The zero-order valence-corrected chi connectivity index (χ0v) is 20.1. The minimum Gasteiger partial charge on any atom is -0.506 e. The molecular weight excluding hydrogens is 536 g/mol. The lowest BCUT2D eigenvalue weighted by Crippen LogP contribution is -2.31. The Morgan fingerprint density at radius 2 is 1.89 bits per heavy atom. The predicted molar refractivity (Wildman–Crippen MR) is 120 cm³/mol. The monoisotopic (exact) mass is 554 g/mol. The van der Waals surface area contributed by atoms with Crippen LogP contribution in [0.2, 0.25) is 0 Å². The third kappa shape index (κ3) is 5.33. The van der Waals surface area contributed by atoms with Crippen LogP contribution in [0.25, 0.3) is 0 Å². The normalized spacial score (nSPS) is 16.1. The van der Waals surface area contributed by atoms with Gasteiger partial charge in [0.15, 0.2) is 0 Å². The number of benzene rings is 2. The first-order valence-electron chi connectivity index (χ1n) is 8.27. The molecule has 0 saturated heterocycles. The van der Waals surface area contributed by atoms with E-state index in [1.54, 1.807) is 19.2 Å². The number of aromatic hydroxyl groups is 1. The average molecular weight is 557 g/mol. The zero-order chi connectivity index (χ0) is 19.8. The number of sulfonamides is 1. The molecule has 1 aliphatic rings. The highest BCUT2D eigenvalue weighted by Gasteiger charge is 2.23. The lowest BCUT2D eigenvalue weighted by Gasteiger charge is -2.28. The summed E-state index contributed by atoms with van der Waals surface area (Å²) < 4.78 is 32.6. The Hall–Kier alpha value is -1.000. The van der Waals surface area contributed by atoms with Gasteiger partial charge in [0.1, 0.15) is 11.5 Å². The maximum absolute atomic E-state index is 11.6. The third-order valence-corrected chi connectivity index (χ3v) is 6.18. The molecular formula is C18H21Br2ClN2O4S. The van der Waals surface area contributed by atoms with Crippen LogP contribution < -0.4 is 14.8 Å². The Labute approximate surface area is 187 Å².